The molecule has 1 unspecified atom stereocenters. The first-order valence-corrected chi connectivity index (χ1v) is 6.08. The normalized spacial score (nSPS) is 23.1. The summed E-state index contributed by atoms with van der Waals surface area (Å²) in [6.07, 6.45) is 1.54. The van der Waals surface area contributed by atoms with Crippen molar-refractivity contribution >= 4 is 11.9 Å². The molecule has 1 aliphatic heterocycles. The van der Waals surface area contributed by atoms with Gasteiger partial charge in [-0.1, -0.05) is 20.4 Å². The molecular formula is C13H20O4. The zero-order chi connectivity index (χ0) is 13.1. The van der Waals surface area contributed by atoms with Crippen LogP contribution in [-0.4, -0.2) is 24.1 Å². The van der Waals surface area contributed by atoms with Crippen molar-refractivity contribution < 1.29 is 19.1 Å². The van der Waals surface area contributed by atoms with E-state index in [1.807, 2.05) is 13.8 Å². The molecule has 0 radical (unpaired) electrons. The first-order chi connectivity index (χ1) is 8.00. The molecule has 0 amide bonds. The number of cyclic esters (lactones) is 1. The van der Waals surface area contributed by atoms with Gasteiger partial charge in [0.25, 0.3) is 0 Å². The minimum Gasteiger partial charge on any atom is -0.466 e. The molecule has 0 aromatic heterocycles. The molecule has 0 aromatic rings. The SMILES string of the molecule is C=C1CC(C(=O)OCC)C(CC)(CC)OC1=O. The molecule has 4 nitrogen and oxygen atoms in total. The fraction of sp³-hybridized carbons (Fsp3) is 0.692. The maximum Gasteiger partial charge on any atom is 0.333 e. The van der Waals surface area contributed by atoms with Gasteiger partial charge in [-0.25, -0.2) is 4.79 Å². The van der Waals surface area contributed by atoms with Gasteiger partial charge in [-0.05, 0) is 26.2 Å². The Balaban J connectivity index is 3.00. The fourth-order valence-corrected chi connectivity index (χ4v) is 2.27. The van der Waals surface area contributed by atoms with Gasteiger partial charge in [0.2, 0.25) is 0 Å². The van der Waals surface area contributed by atoms with Crippen LogP contribution in [0.15, 0.2) is 12.2 Å². The van der Waals surface area contributed by atoms with E-state index in [0.29, 0.717) is 31.4 Å². The van der Waals surface area contributed by atoms with Gasteiger partial charge in [0.05, 0.1) is 6.61 Å². The Hall–Kier alpha value is -1.32. The van der Waals surface area contributed by atoms with Crippen LogP contribution in [0.2, 0.25) is 0 Å². The second kappa shape index (κ2) is 5.34. The van der Waals surface area contributed by atoms with E-state index in [2.05, 4.69) is 6.58 Å². The summed E-state index contributed by atoms with van der Waals surface area (Å²) in [7, 11) is 0. The number of hydrogen-bond acceptors (Lipinski definition) is 4. The largest absolute Gasteiger partial charge is 0.466 e. The average Bonchev–Trinajstić information content (AvgIpc) is 2.32. The molecule has 96 valence electrons. The van der Waals surface area contributed by atoms with Gasteiger partial charge in [0, 0.05) is 5.57 Å². The molecule has 0 saturated carbocycles. The van der Waals surface area contributed by atoms with Crippen LogP contribution in [0.1, 0.15) is 40.0 Å². The summed E-state index contributed by atoms with van der Waals surface area (Å²) in [4.78, 5) is 23.5. The lowest BCUT2D eigenvalue weighted by molar-refractivity contribution is -0.181. The highest BCUT2D eigenvalue weighted by Gasteiger charge is 2.49. The summed E-state index contributed by atoms with van der Waals surface area (Å²) in [5, 5.41) is 0. The van der Waals surface area contributed by atoms with Gasteiger partial charge in [0.15, 0.2) is 0 Å². The Bertz CT molecular complexity index is 328. The van der Waals surface area contributed by atoms with Crippen molar-refractivity contribution in [3.8, 4) is 0 Å². The number of hydrogen-bond donors (Lipinski definition) is 0. The minimum absolute atomic E-state index is 0.301. The summed E-state index contributed by atoms with van der Waals surface area (Å²) in [6.45, 7) is 9.56. The van der Waals surface area contributed by atoms with Gasteiger partial charge >= 0.3 is 11.9 Å². The number of carbonyl (C=O) groups excluding carboxylic acids is 2. The maximum atomic E-state index is 11.9. The van der Waals surface area contributed by atoms with Crippen LogP contribution in [-0.2, 0) is 19.1 Å². The number of carbonyl (C=O) groups is 2. The highest BCUT2D eigenvalue weighted by molar-refractivity contribution is 5.91. The Morgan fingerprint density at radius 1 is 1.47 bits per heavy atom. The first kappa shape index (κ1) is 13.7. The van der Waals surface area contributed by atoms with Crippen LogP contribution in [0.3, 0.4) is 0 Å². The van der Waals surface area contributed by atoms with E-state index >= 15 is 0 Å². The van der Waals surface area contributed by atoms with Crippen LogP contribution in [0.5, 0.6) is 0 Å². The van der Waals surface area contributed by atoms with E-state index in [1.165, 1.54) is 0 Å². The van der Waals surface area contributed by atoms with Crippen LogP contribution < -0.4 is 0 Å². The zero-order valence-electron chi connectivity index (χ0n) is 10.7. The van der Waals surface area contributed by atoms with Gasteiger partial charge in [0.1, 0.15) is 11.5 Å². The van der Waals surface area contributed by atoms with Crippen molar-refractivity contribution in [3.05, 3.63) is 12.2 Å². The lowest BCUT2D eigenvalue weighted by Crippen LogP contribution is -2.50. The number of ether oxygens (including phenoxy) is 2. The maximum absolute atomic E-state index is 11.9. The molecule has 0 aliphatic carbocycles. The van der Waals surface area contributed by atoms with E-state index in [1.54, 1.807) is 6.92 Å². The highest BCUT2D eigenvalue weighted by Crippen LogP contribution is 2.39. The summed E-state index contributed by atoms with van der Waals surface area (Å²) < 4.78 is 10.5. The Morgan fingerprint density at radius 2 is 2.06 bits per heavy atom. The predicted octanol–water partition coefficient (Wildman–Crippen LogP) is 2.23. The van der Waals surface area contributed by atoms with Gasteiger partial charge in [-0.3, -0.25) is 4.79 Å². The summed E-state index contributed by atoms with van der Waals surface area (Å²) >= 11 is 0. The van der Waals surface area contributed by atoms with Crippen LogP contribution in [0, 0.1) is 5.92 Å². The Labute approximate surface area is 102 Å². The monoisotopic (exact) mass is 240 g/mol. The molecule has 4 heteroatoms. The molecule has 1 atom stereocenters. The molecule has 1 rings (SSSR count). The average molecular weight is 240 g/mol. The van der Waals surface area contributed by atoms with E-state index in [0.717, 1.165) is 0 Å². The third-order valence-electron chi connectivity index (χ3n) is 3.44. The Kier molecular flexibility index (Phi) is 4.32. The third kappa shape index (κ3) is 2.51. The van der Waals surface area contributed by atoms with Gasteiger partial charge < -0.3 is 9.47 Å². The molecule has 1 fully saturated rings. The molecule has 0 N–H and O–H groups in total. The van der Waals surface area contributed by atoms with Crippen molar-refractivity contribution in [1.29, 1.82) is 0 Å². The fourth-order valence-electron chi connectivity index (χ4n) is 2.27. The number of esters is 2. The molecule has 0 bridgehead atoms. The smallest absolute Gasteiger partial charge is 0.333 e. The van der Waals surface area contributed by atoms with Crippen molar-refractivity contribution in [2.75, 3.05) is 6.61 Å². The van der Waals surface area contributed by atoms with Crippen LogP contribution in [0.4, 0.5) is 0 Å². The van der Waals surface area contributed by atoms with Crippen molar-refractivity contribution in [2.45, 2.75) is 45.6 Å². The lowest BCUT2D eigenvalue weighted by atomic mass is 9.77. The standard InChI is InChI=1S/C13H20O4/c1-5-13(6-2)10(12(15)16-7-3)8-9(4)11(14)17-13/h10H,4-8H2,1-3H3. The zero-order valence-corrected chi connectivity index (χ0v) is 10.7. The van der Waals surface area contributed by atoms with E-state index in [9.17, 15) is 9.59 Å². The summed E-state index contributed by atoms with van der Waals surface area (Å²) in [6, 6.07) is 0. The van der Waals surface area contributed by atoms with E-state index < -0.39 is 17.5 Å². The van der Waals surface area contributed by atoms with E-state index in [-0.39, 0.29) is 5.97 Å². The molecule has 1 aliphatic rings. The summed E-state index contributed by atoms with van der Waals surface area (Å²) in [5.74, 6) is -1.12. The van der Waals surface area contributed by atoms with Crippen molar-refractivity contribution in [2.24, 2.45) is 5.92 Å². The van der Waals surface area contributed by atoms with Gasteiger partial charge in [-0.2, -0.15) is 0 Å². The van der Waals surface area contributed by atoms with Gasteiger partial charge in [-0.15, -0.1) is 0 Å². The second-order valence-corrected chi connectivity index (χ2v) is 4.27. The minimum atomic E-state index is -0.732. The quantitative estimate of drug-likeness (QED) is 0.558. The lowest BCUT2D eigenvalue weighted by Gasteiger charge is -2.41. The molecule has 1 heterocycles. The second-order valence-electron chi connectivity index (χ2n) is 4.27. The molecule has 0 aromatic carbocycles. The Morgan fingerprint density at radius 3 is 2.53 bits per heavy atom. The number of rotatable bonds is 4. The predicted molar refractivity (Wildman–Crippen MR) is 63.3 cm³/mol. The van der Waals surface area contributed by atoms with Crippen LogP contribution >= 0.6 is 0 Å². The molecule has 1 saturated heterocycles. The highest BCUT2D eigenvalue weighted by atomic mass is 16.6. The summed E-state index contributed by atoms with van der Waals surface area (Å²) in [5.41, 5.74) is -0.384. The van der Waals surface area contributed by atoms with Crippen molar-refractivity contribution in [3.63, 3.8) is 0 Å². The molecular weight excluding hydrogens is 220 g/mol. The topological polar surface area (TPSA) is 52.6 Å². The molecule has 17 heavy (non-hydrogen) atoms. The van der Waals surface area contributed by atoms with Crippen molar-refractivity contribution in [1.82, 2.24) is 0 Å². The molecule has 0 spiro atoms. The third-order valence-corrected chi connectivity index (χ3v) is 3.44. The first-order valence-electron chi connectivity index (χ1n) is 6.08. The van der Waals surface area contributed by atoms with Crippen LogP contribution in [0.25, 0.3) is 0 Å². The van der Waals surface area contributed by atoms with E-state index in [4.69, 9.17) is 9.47 Å².